The quantitative estimate of drug-likeness (QED) is 0.591. The summed E-state index contributed by atoms with van der Waals surface area (Å²) in [5.41, 5.74) is -0.00690. The lowest BCUT2D eigenvalue weighted by atomic mass is 9.96. The molecule has 1 aromatic heterocycles. The van der Waals surface area contributed by atoms with E-state index in [1.54, 1.807) is 6.92 Å². The van der Waals surface area contributed by atoms with Gasteiger partial charge in [-0.25, -0.2) is 4.79 Å². The van der Waals surface area contributed by atoms with Crippen molar-refractivity contribution in [2.75, 3.05) is 19.7 Å². The minimum atomic E-state index is -1.09. The molecule has 1 heterocycles. The van der Waals surface area contributed by atoms with E-state index in [2.05, 4.69) is 10.6 Å². The maximum absolute atomic E-state index is 12.0. The molecule has 1 aromatic carbocycles. The Morgan fingerprint density at radius 2 is 1.96 bits per heavy atom. The van der Waals surface area contributed by atoms with Gasteiger partial charge in [-0.3, -0.25) is 0 Å². The zero-order valence-electron chi connectivity index (χ0n) is 13.7. The molecule has 2 unspecified atom stereocenters. The van der Waals surface area contributed by atoms with Gasteiger partial charge in [0.2, 0.25) is 0 Å². The van der Waals surface area contributed by atoms with Crippen LogP contribution in [0.25, 0.3) is 0 Å². The number of aliphatic hydroxyl groups excluding tert-OH is 1. The Morgan fingerprint density at radius 1 is 1.21 bits per heavy atom. The van der Waals surface area contributed by atoms with Crippen LogP contribution in [0.2, 0.25) is 0 Å². The van der Waals surface area contributed by atoms with Gasteiger partial charge < -0.3 is 20.8 Å². The molecule has 2 amide bonds. The second-order valence-electron chi connectivity index (χ2n) is 5.93. The van der Waals surface area contributed by atoms with Crippen molar-refractivity contribution in [3.05, 3.63) is 58.3 Å². The molecule has 5 nitrogen and oxygen atoms in total. The molecule has 6 heteroatoms. The van der Waals surface area contributed by atoms with Crippen molar-refractivity contribution in [1.29, 1.82) is 0 Å². The van der Waals surface area contributed by atoms with Crippen LogP contribution in [0.1, 0.15) is 29.7 Å². The highest BCUT2D eigenvalue weighted by Gasteiger charge is 2.25. The van der Waals surface area contributed by atoms with Crippen LogP contribution in [0.5, 0.6) is 0 Å². The first-order valence-corrected chi connectivity index (χ1v) is 8.85. The summed E-state index contributed by atoms with van der Waals surface area (Å²) in [4.78, 5) is 12.8. The number of benzene rings is 1. The van der Waals surface area contributed by atoms with Crippen LogP contribution in [0.4, 0.5) is 4.79 Å². The number of nitrogens with one attached hydrogen (secondary N) is 2. The molecule has 0 saturated carbocycles. The maximum atomic E-state index is 12.0. The van der Waals surface area contributed by atoms with Gasteiger partial charge >= 0.3 is 6.03 Å². The van der Waals surface area contributed by atoms with E-state index in [0.717, 1.165) is 10.4 Å². The summed E-state index contributed by atoms with van der Waals surface area (Å²) in [6.45, 7) is 2.31. The van der Waals surface area contributed by atoms with E-state index in [-0.39, 0.29) is 25.1 Å². The van der Waals surface area contributed by atoms with Crippen LogP contribution in [0, 0.1) is 0 Å². The second kappa shape index (κ2) is 8.82. The molecule has 0 aliphatic rings. The predicted molar refractivity (Wildman–Crippen MR) is 96.2 cm³/mol. The summed E-state index contributed by atoms with van der Waals surface area (Å²) in [5.74, 6) is 0.0553. The average molecular weight is 348 g/mol. The highest BCUT2D eigenvalue weighted by Crippen LogP contribution is 2.24. The van der Waals surface area contributed by atoms with Crippen LogP contribution < -0.4 is 10.6 Å². The number of hydrogen-bond donors (Lipinski definition) is 4. The van der Waals surface area contributed by atoms with Crippen LogP contribution in [-0.4, -0.2) is 35.9 Å². The molecular formula is C18H24N2O3S. The van der Waals surface area contributed by atoms with E-state index in [9.17, 15) is 15.0 Å². The molecule has 0 aliphatic heterocycles. The molecule has 2 atom stereocenters. The molecular weight excluding hydrogens is 324 g/mol. The first-order valence-electron chi connectivity index (χ1n) is 7.97. The van der Waals surface area contributed by atoms with Gasteiger partial charge in [-0.05, 0) is 30.4 Å². The number of thiophene rings is 1. The normalized spacial score (nSPS) is 14.6. The van der Waals surface area contributed by atoms with Gasteiger partial charge in [0.15, 0.2) is 0 Å². The van der Waals surface area contributed by atoms with Gasteiger partial charge in [-0.2, -0.15) is 0 Å². The van der Waals surface area contributed by atoms with E-state index in [4.69, 9.17) is 0 Å². The van der Waals surface area contributed by atoms with E-state index in [1.807, 2.05) is 47.8 Å². The van der Waals surface area contributed by atoms with Crippen molar-refractivity contribution < 1.29 is 15.0 Å². The van der Waals surface area contributed by atoms with Crippen LogP contribution >= 0.6 is 11.3 Å². The van der Waals surface area contributed by atoms with Gasteiger partial charge in [-0.15, -0.1) is 11.3 Å². The smallest absolute Gasteiger partial charge is 0.314 e. The highest BCUT2D eigenvalue weighted by atomic mass is 32.1. The van der Waals surface area contributed by atoms with Gasteiger partial charge in [0.25, 0.3) is 0 Å². The number of aliphatic hydroxyl groups is 2. The van der Waals surface area contributed by atoms with Crippen molar-refractivity contribution in [2.45, 2.75) is 24.9 Å². The topological polar surface area (TPSA) is 81.6 Å². The third kappa shape index (κ3) is 5.33. The van der Waals surface area contributed by atoms with Crippen LogP contribution in [-0.2, 0) is 5.60 Å². The SMILES string of the molecule is CC(O)(CNC(=O)NCC(CCO)c1ccccc1)c1cccs1. The van der Waals surface area contributed by atoms with Gasteiger partial charge in [0, 0.05) is 23.9 Å². The molecule has 0 saturated heterocycles. The summed E-state index contributed by atoms with van der Waals surface area (Å²) in [6, 6.07) is 13.2. The fourth-order valence-corrected chi connectivity index (χ4v) is 3.26. The van der Waals surface area contributed by atoms with E-state index in [1.165, 1.54) is 11.3 Å². The molecule has 2 aromatic rings. The summed E-state index contributed by atoms with van der Waals surface area (Å²) >= 11 is 1.45. The molecule has 2 rings (SSSR count). The monoisotopic (exact) mass is 348 g/mol. The van der Waals surface area contributed by atoms with Crippen molar-refractivity contribution in [2.24, 2.45) is 0 Å². The van der Waals surface area contributed by atoms with Crippen molar-refractivity contribution >= 4 is 17.4 Å². The van der Waals surface area contributed by atoms with Crippen molar-refractivity contribution in [1.82, 2.24) is 10.6 Å². The molecule has 4 N–H and O–H groups in total. The highest BCUT2D eigenvalue weighted by molar-refractivity contribution is 7.10. The molecule has 130 valence electrons. The van der Waals surface area contributed by atoms with Gasteiger partial charge in [-0.1, -0.05) is 36.4 Å². The molecule has 0 aliphatic carbocycles. The Balaban J connectivity index is 1.83. The van der Waals surface area contributed by atoms with Crippen molar-refractivity contribution in [3.63, 3.8) is 0 Å². The number of amides is 2. The number of rotatable bonds is 8. The molecule has 0 fully saturated rings. The van der Waals surface area contributed by atoms with Gasteiger partial charge in [0.05, 0.1) is 6.54 Å². The second-order valence-corrected chi connectivity index (χ2v) is 6.88. The summed E-state index contributed by atoms with van der Waals surface area (Å²) in [5, 5.41) is 27.0. The predicted octanol–water partition coefficient (Wildman–Crippen LogP) is 2.42. The van der Waals surface area contributed by atoms with Crippen LogP contribution in [0.15, 0.2) is 47.8 Å². The fourth-order valence-electron chi connectivity index (χ4n) is 2.47. The van der Waals surface area contributed by atoms with Crippen molar-refractivity contribution in [3.8, 4) is 0 Å². The molecule has 0 radical (unpaired) electrons. The zero-order chi connectivity index (χ0) is 17.4. The minimum absolute atomic E-state index is 0.0553. The first kappa shape index (κ1) is 18.4. The average Bonchev–Trinajstić information content (AvgIpc) is 3.13. The van der Waals surface area contributed by atoms with E-state index >= 15 is 0 Å². The summed E-state index contributed by atoms with van der Waals surface area (Å²) in [6.07, 6.45) is 0.581. The molecule has 0 bridgehead atoms. The lowest BCUT2D eigenvalue weighted by Gasteiger charge is -2.23. The standard InChI is InChI=1S/C18H24N2O3S/c1-18(23,16-8-5-11-24-16)13-20-17(22)19-12-15(9-10-21)14-6-3-2-4-7-14/h2-8,11,15,21,23H,9-10,12-13H2,1H3,(H2,19,20,22). The third-order valence-electron chi connectivity index (χ3n) is 3.90. The summed E-state index contributed by atoms with van der Waals surface area (Å²) in [7, 11) is 0. The number of hydrogen-bond acceptors (Lipinski definition) is 4. The minimum Gasteiger partial charge on any atom is -0.396 e. The molecule has 0 spiro atoms. The zero-order valence-corrected chi connectivity index (χ0v) is 14.6. The first-order chi connectivity index (χ1) is 11.5. The van der Waals surface area contributed by atoms with E-state index < -0.39 is 5.60 Å². The Morgan fingerprint density at radius 3 is 2.58 bits per heavy atom. The lowest BCUT2D eigenvalue weighted by molar-refractivity contribution is 0.0631. The number of urea groups is 1. The van der Waals surface area contributed by atoms with E-state index in [0.29, 0.717) is 13.0 Å². The number of carbonyl (C=O) groups is 1. The Hall–Kier alpha value is -1.89. The van der Waals surface area contributed by atoms with Crippen LogP contribution in [0.3, 0.4) is 0 Å². The molecule has 24 heavy (non-hydrogen) atoms. The third-order valence-corrected chi connectivity index (χ3v) is 5.03. The largest absolute Gasteiger partial charge is 0.396 e. The summed E-state index contributed by atoms with van der Waals surface area (Å²) < 4.78 is 0. The lowest BCUT2D eigenvalue weighted by Crippen LogP contribution is -2.44. The Labute approximate surface area is 146 Å². The maximum Gasteiger partial charge on any atom is 0.314 e. The Bertz CT molecular complexity index is 614. The van der Waals surface area contributed by atoms with Gasteiger partial charge in [0.1, 0.15) is 5.60 Å². The Kier molecular flexibility index (Phi) is 6.78. The number of carbonyl (C=O) groups excluding carboxylic acids is 1. The fraction of sp³-hybridized carbons (Fsp3) is 0.389.